The Balaban J connectivity index is 2.89. The molecule has 0 aliphatic rings. The highest BCUT2D eigenvalue weighted by atomic mass is 35.5. The van der Waals surface area contributed by atoms with Gasteiger partial charge in [0, 0.05) is 18.9 Å². The van der Waals surface area contributed by atoms with Gasteiger partial charge in [0.1, 0.15) is 17.0 Å². The van der Waals surface area contributed by atoms with E-state index in [1.165, 1.54) is 6.20 Å². The van der Waals surface area contributed by atoms with Gasteiger partial charge in [0.25, 0.3) is 0 Å². The summed E-state index contributed by atoms with van der Waals surface area (Å²) in [6.07, 6.45) is 1.33. The van der Waals surface area contributed by atoms with E-state index in [2.05, 4.69) is 4.98 Å². The van der Waals surface area contributed by atoms with Gasteiger partial charge < -0.3 is 15.2 Å². The predicted octanol–water partition coefficient (Wildman–Crippen LogP) is 1.43. The zero-order valence-corrected chi connectivity index (χ0v) is 9.91. The molecule has 0 fully saturated rings. The maximum Gasteiger partial charge on any atom is 0.233 e. The molecular weight excluding hydrogens is 230 g/mol. The van der Waals surface area contributed by atoms with Gasteiger partial charge in [0.05, 0.1) is 6.61 Å². The van der Waals surface area contributed by atoms with Crippen molar-refractivity contribution in [3.8, 4) is 5.88 Å². The molecule has 0 radical (unpaired) electrons. The molecule has 0 bridgehead atoms. The lowest BCUT2D eigenvalue weighted by molar-refractivity contribution is 0.0890. The first-order valence-corrected chi connectivity index (χ1v) is 5.08. The summed E-state index contributed by atoms with van der Waals surface area (Å²) in [7, 11) is 1.58. The number of nitrogens with zero attached hydrogens (tertiary/aromatic N) is 1. The summed E-state index contributed by atoms with van der Waals surface area (Å²) < 4.78 is 10.4. The van der Waals surface area contributed by atoms with Gasteiger partial charge in [-0.3, -0.25) is 5.41 Å². The van der Waals surface area contributed by atoms with Crippen LogP contribution in [0.5, 0.6) is 5.88 Å². The Kier molecular flexibility index (Phi) is 4.52. The second-order valence-corrected chi connectivity index (χ2v) is 3.65. The third-order valence-electron chi connectivity index (χ3n) is 1.86. The van der Waals surface area contributed by atoms with Gasteiger partial charge in [-0.15, -0.1) is 0 Å². The number of hydrogen-bond acceptors (Lipinski definition) is 4. The molecule has 0 aromatic carbocycles. The van der Waals surface area contributed by atoms with Crippen molar-refractivity contribution in [3.05, 3.63) is 22.8 Å². The number of nitrogens with two attached hydrogens (primary N) is 1. The molecule has 88 valence electrons. The van der Waals surface area contributed by atoms with Crippen molar-refractivity contribution in [3.63, 3.8) is 0 Å². The lowest BCUT2D eigenvalue weighted by Crippen LogP contribution is -2.20. The molecule has 1 unspecified atom stereocenters. The van der Waals surface area contributed by atoms with E-state index in [0.29, 0.717) is 12.2 Å². The highest BCUT2D eigenvalue weighted by Gasteiger charge is 2.13. The fourth-order valence-electron chi connectivity index (χ4n) is 1.17. The molecule has 3 N–H and O–H groups in total. The van der Waals surface area contributed by atoms with Gasteiger partial charge in [0.15, 0.2) is 0 Å². The van der Waals surface area contributed by atoms with Crippen LogP contribution in [-0.2, 0) is 4.74 Å². The van der Waals surface area contributed by atoms with E-state index >= 15 is 0 Å². The molecule has 16 heavy (non-hydrogen) atoms. The average Bonchev–Trinajstić information content (AvgIpc) is 2.21. The number of ether oxygens (including phenoxy) is 2. The van der Waals surface area contributed by atoms with Crippen molar-refractivity contribution in [1.82, 2.24) is 4.98 Å². The number of methoxy groups -OCH3 is 1. The summed E-state index contributed by atoms with van der Waals surface area (Å²) in [5, 5.41) is 7.57. The summed E-state index contributed by atoms with van der Waals surface area (Å²) in [6.45, 7) is 2.27. The fourth-order valence-corrected chi connectivity index (χ4v) is 1.43. The zero-order valence-electron chi connectivity index (χ0n) is 9.16. The smallest absolute Gasteiger partial charge is 0.233 e. The molecule has 1 atom stereocenters. The number of pyridine rings is 1. The lowest BCUT2D eigenvalue weighted by Gasteiger charge is -2.14. The predicted molar refractivity (Wildman–Crippen MR) is 62.2 cm³/mol. The van der Waals surface area contributed by atoms with E-state index in [1.807, 2.05) is 6.92 Å². The van der Waals surface area contributed by atoms with Crippen LogP contribution in [0.3, 0.4) is 0 Å². The number of rotatable bonds is 5. The second kappa shape index (κ2) is 5.67. The molecule has 1 rings (SSSR count). The topological polar surface area (TPSA) is 81.2 Å². The van der Waals surface area contributed by atoms with Crippen molar-refractivity contribution < 1.29 is 9.47 Å². The first-order valence-electron chi connectivity index (χ1n) is 4.70. The lowest BCUT2D eigenvalue weighted by atomic mass is 10.2. The third kappa shape index (κ3) is 3.08. The van der Waals surface area contributed by atoms with Crippen LogP contribution < -0.4 is 10.5 Å². The van der Waals surface area contributed by atoms with Gasteiger partial charge in [0.2, 0.25) is 5.88 Å². The minimum Gasteiger partial charge on any atom is -0.471 e. The average molecular weight is 244 g/mol. The molecule has 1 heterocycles. The van der Waals surface area contributed by atoms with E-state index in [0.717, 1.165) is 0 Å². The third-order valence-corrected chi connectivity index (χ3v) is 2.23. The number of hydrogen-bond donors (Lipinski definition) is 2. The van der Waals surface area contributed by atoms with E-state index in [-0.39, 0.29) is 22.8 Å². The number of nitrogens with one attached hydrogen (secondary N) is 1. The molecule has 1 aromatic rings. The molecule has 5 nitrogen and oxygen atoms in total. The number of halogens is 1. The van der Waals surface area contributed by atoms with Crippen molar-refractivity contribution in [1.29, 1.82) is 5.41 Å². The molecule has 0 aliphatic carbocycles. The van der Waals surface area contributed by atoms with Gasteiger partial charge in [-0.2, -0.15) is 0 Å². The Hall–Kier alpha value is -1.33. The van der Waals surface area contributed by atoms with Crippen LogP contribution in [0.1, 0.15) is 12.5 Å². The van der Waals surface area contributed by atoms with Crippen molar-refractivity contribution in [2.24, 2.45) is 5.73 Å². The van der Waals surface area contributed by atoms with Crippen LogP contribution in [0.25, 0.3) is 0 Å². The second-order valence-electron chi connectivity index (χ2n) is 3.28. The Morgan fingerprint density at radius 1 is 1.69 bits per heavy atom. The minimum atomic E-state index is -0.169. The van der Waals surface area contributed by atoms with Crippen LogP contribution in [0.4, 0.5) is 0 Å². The van der Waals surface area contributed by atoms with Gasteiger partial charge in [-0.25, -0.2) is 4.98 Å². The zero-order chi connectivity index (χ0) is 12.1. The highest BCUT2D eigenvalue weighted by molar-refractivity contribution is 6.35. The van der Waals surface area contributed by atoms with Gasteiger partial charge in [-0.1, -0.05) is 11.6 Å². The maximum absolute atomic E-state index is 7.32. The minimum absolute atomic E-state index is 0.114. The molecule has 0 aliphatic heterocycles. The molecule has 0 saturated heterocycles. The summed E-state index contributed by atoms with van der Waals surface area (Å²) >= 11 is 6.00. The van der Waals surface area contributed by atoms with E-state index in [1.54, 1.807) is 13.2 Å². The molecule has 0 spiro atoms. The van der Waals surface area contributed by atoms with Crippen LogP contribution in [0, 0.1) is 5.41 Å². The Morgan fingerprint density at radius 3 is 2.94 bits per heavy atom. The van der Waals surface area contributed by atoms with Crippen molar-refractivity contribution in [2.45, 2.75) is 13.0 Å². The fraction of sp³-hybridized carbons (Fsp3) is 0.400. The number of aromatic nitrogens is 1. The quantitative estimate of drug-likeness (QED) is 0.606. The van der Waals surface area contributed by atoms with E-state index < -0.39 is 0 Å². The Bertz CT molecular complexity index is 384. The molecule has 0 saturated carbocycles. The molecular formula is C10H14ClN3O2. The summed E-state index contributed by atoms with van der Waals surface area (Å²) in [6, 6.07) is 1.57. The van der Waals surface area contributed by atoms with Crippen LogP contribution in [0.15, 0.2) is 12.3 Å². The standard InChI is InChI=1S/C10H14ClN3O2/c1-6(5-15-2)16-10-8(11)7(9(12)13)3-4-14-10/h3-4,6H,5H2,1-2H3,(H3,12,13). The normalized spacial score (nSPS) is 12.2. The van der Waals surface area contributed by atoms with E-state index in [4.69, 9.17) is 32.2 Å². The summed E-state index contributed by atoms with van der Waals surface area (Å²) in [4.78, 5) is 3.98. The first-order chi connectivity index (χ1) is 7.56. The summed E-state index contributed by atoms with van der Waals surface area (Å²) in [5.41, 5.74) is 5.78. The van der Waals surface area contributed by atoms with Gasteiger partial charge >= 0.3 is 0 Å². The van der Waals surface area contributed by atoms with Crippen LogP contribution in [0.2, 0.25) is 5.02 Å². The number of amidine groups is 1. The maximum atomic E-state index is 7.32. The Morgan fingerprint density at radius 2 is 2.38 bits per heavy atom. The molecule has 6 heteroatoms. The van der Waals surface area contributed by atoms with Crippen LogP contribution >= 0.6 is 11.6 Å². The number of nitrogen functional groups attached to an aromatic ring is 1. The summed E-state index contributed by atoms with van der Waals surface area (Å²) in [5.74, 6) is 0.149. The van der Waals surface area contributed by atoms with Crippen LogP contribution in [-0.4, -0.2) is 30.6 Å². The monoisotopic (exact) mass is 243 g/mol. The van der Waals surface area contributed by atoms with Crippen molar-refractivity contribution in [2.75, 3.05) is 13.7 Å². The van der Waals surface area contributed by atoms with E-state index in [9.17, 15) is 0 Å². The Labute approximate surface area is 99.0 Å². The van der Waals surface area contributed by atoms with Gasteiger partial charge in [-0.05, 0) is 13.0 Å². The molecule has 0 amide bonds. The molecule has 1 aromatic heterocycles. The highest BCUT2D eigenvalue weighted by Crippen LogP contribution is 2.25. The van der Waals surface area contributed by atoms with Crippen molar-refractivity contribution >= 4 is 17.4 Å². The SMILES string of the molecule is COCC(C)Oc1nccc(C(=N)N)c1Cl. The largest absolute Gasteiger partial charge is 0.471 e. The first kappa shape index (κ1) is 12.7.